The molecule has 0 aliphatic carbocycles. The van der Waals surface area contributed by atoms with Crippen LogP contribution in [0.1, 0.15) is 413 Å². The maximum absolute atomic E-state index is 13.1. The van der Waals surface area contributed by atoms with Crippen molar-refractivity contribution in [2.45, 2.75) is 432 Å². The second-order valence-electron chi connectivity index (χ2n) is 28.3. The molecule has 0 spiro atoms. The van der Waals surface area contributed by atoms with E-state index in [1.165, 1.54) is 231 Å². The van der Waals surface area contributed by atoms with E-state index in [0.717, 1.165) is 102 Å². The van der Waals surface area contributed by atoms with Gasteiger partial charge in [0.25, 0.3) is 0 Å². The molecule has 0 saturated carbocycles. The fraction of sp³-hybridized carbons (Fsp3) is 0.949. The Kier molecular flexibility index (Phi) is 69.6. The summed E-state index contributed by atoms with van der Waals surface area (Å²) in [6, 6.07) is 0. The highest BCUT2D eigenvalue weighted by Gasteiger charge is 2.30. The third-order valence-electron chi connectivity index (χ3n) is 18.6. The normalized spacial score (nSPS) is 14.2. The van der Waals surface area contributed by atoms with Crippen LogP contribution in [0, 0.1) is 5.92 Å². The minimum absolute atomic E-state index is 0.105. The minimum atomic E-state index is -4.96. The average Bonchev–Trinajstić information content (AvgIpc) is 2.29. The predicted molar refractivity (Wildman–Crippen MR) is 395 cm³/mol. The molecular formula is C78H152O17P2. The standard InChI is InChI=1S/C78H152O17P2/c1-6-10-13-16-19-22-24-26-28-30-31-32-34-36-38-40-42-48-53-58-63-77(82)94-74(68-89-76(81)62-57-52-47-41-39-37-35-33-29-27-25-23-20-17-14-11-7-2)70-93-97(86,87)91-66-72(79)65-90-96(84,85)92-69-73(67-88-75(80)61-56-51-46-21-18-15-12-8-3)95-78(83)64-59-54-49-44-43-45-50-55-60-71(5)9-4/h71-74,79H,6-70H2,1-5H3,(H,84,85)(H,86,87)/t71?,72-,73+,74+/m0/s1. The maximum Gasteiger partial charge on any atom is 0.472 e. The smallest absolute Gasteiger partial charge is 0.462 e. The molecule has 0 aromatic rings. The number of ether oxygens (including phenoxy) is 4. The zero-order valence-corrected chi connectivity index (χ0v) is 65.0. The van der Waals surface area contributed by atoms with Crippen LogP contribution >= 0.6 is 15.6 Å². The van der Waals surface area contributed by atoms with Gasteiger partial charge in [-0.25, -0.2) is 9.13 Å². The van der Waals surface area contributed by atoms with Crippen molar-refractivity contribution >= 4 is 39.5 Å². The number of phosphoric ester groups is 2. The molecule has 3 N–H and O–H groups in total. The largest absolute Gasteiger partial charge is 0.472 e. The van der Waals surface area contributed by atoms with Crippen LogP contribution in [-0.2, 0) is 65.4 Å². The number of carbonyl (C=O) groups excluding carboxylic acids is 4. The molecule has 3 unspecified atom stereocenters. The molecule has 6 atom stereocenters. The highest BCUT2D eigenvalue weighted by atomic mass is 31.2. The van der Waals surface area contributed by atoms with Gasteiger partial charge in [0.15, 0.2) is 12.2 Å². The van der Waals surface area contributed by atoms with Gasteiger partial charge in [0.2, 0.25) is 0 Å². The second kappa shape index (κ2) is 71.1. The number of hydrogen-bond acceptors (Lipinski definition) is 15. The van der Waals surface area contributed by atoms with Gasteiger partial charge in [0.1, 0.15) is 19.3 Å². The van der Waals surface area contributed by atoms with Crippen molar-refractivity contribution < 1.29 is 80.2 Å². The molecular weight excluding hydrogens is 1270 g/mol. The summed E-state index contributed by atoms with van der Waals surface area (Å²) >= 11 is 0. The topological polar surface area (TPSA) is 237 Å². The molecule has 0 aliphatic rings. The van der Waals surface area contributed by atoms with Crippen LogP contribution in [0.25, 0.3) is 0 Å². The summed E-state index contributed by atoms with van der Waals surface area (Å²) in [5, 5.41) is 10.6. The number of esters is 4. The number of rotatable bonds is 78. The monoisotopic (exact) mass is 1420 g/mol. The summed E-state index contributed by atoms with van der Waals surface area (Å²) in [7, 11) is -9.91. The van der Waals surface area contributed by atoms with Gasteiger partial charge in [0.05, 0.1) is 26.4 Å². The molecule has 576 valence electrons. The fourth-order valence-corrected chi connectivity index (χ4v) is 13.6. The fourth-order valence-electron chi connectivity index (χ4n) is 12.0. The Morgan fingerprint density at radius 2 is 0.495 bits per heavy atom. The lowest BCUT2D eigenvalue weighted by molar-refractivity contribution is -0.161. The maximum atomic E-state index is 13.1. The van der Waals surface area contributed by atoms with E-state index >= 15 is 0 Å². The van der Waals surface area contributed by atoms with Gasteiger partial charge in [-0.2, -0.15) is 0 Å². The SMILES string of the molecule is CCCCCCCCCCCCCCCCCCCCCCC(=O)O[C@H](COC(=O)CCCCCCCCCCCCCCCCCCC)COP(=O)(O)OC[C@@H](O)COP(=O)(O)OC[C@@H](COC(=O)CCCCCCCCCC)OC(=O)CCCCCCCCCCC(C)CC. The van der Waals surface area contributed by atoms with E-state index in [1.54, 1.807) is 0 Å². The van der Waals surface area contributed by atoms with E-state index in [0.29, 0.717) is 25.7 Å². The summed E-state index contributed by atoms with van der Waals surface area (Å²) in [5.74, 6) is -1.35. The van der Waals surface area contributed by atoms with E-state index in [2.05, 4.69) is 34.6 Å². The van der Waals surface area contributed by atoms with Crippen LogP contribution in [0.5, 0.6) is 0 Å². The third-order valence-corrected chi connectivity index (χ3v) is 20.5. The summed E-state index contributed by atoms with van der Waals surface area (Å²) in [5.41, 5.74) is 0. The Labute approximate surface area is 594 Å². The van der Waals surface area contributed by atoms with Crippen molar-refractivity contribution in [3.8, 4) is 0 Å². The van der Waals surface area contributed by atoms with E-state index in [4.69, 9.17) is 37.0 Å². The second-order valence-corrected chi connectivity index (χ2v) is 31.3. The number of hydrogen-bond donors (Lipinski definition) is 3. The van der Waals surface area contributed by atoms with Gasteiger partial charge >= 0.3 is 39.5 Å². The molecule has 19 heteroatoms. The molecule has 0 saturated heterocycles. The van der Waals surface area contributed by atoms with Crippen LogP contribution in [-0.4, -0.2) is 96.7 Å². The highest BCUT2D eigenvalue weighted by Crippen LogP contribution is 2.45. The molecule has 0 radical (unpaired) electrons. The number of phosphoric acid groups is 2. The van der Waals surface area contributed by atoms with Crippen molar-refractivity contribution in [1.29, 1.82) is 0 Å². The van der Waals surface area contributed by atoms with Crippen LogP contribution in [0.2, 0.25) is 0 Å². The minimum Gasteiger partial charge on any atom is -0.462 e. The summed E-state index contributed by atoms with van der Waals surface area (Å²) in [6.45, 7) is 7.27. The lowest BCUT2D eigenvalue weighted by atomic mass is 9.99. The van der Waals surface area contributed by atoms with Crippen molar-refractivity contribution in [2.24, 2.45) is 5.92 Å². The Morgan fingerprint density at radius 1 is 0.289 bits per heavy atom. The van der Waals surface area contributed by atoms with E-state index < -0.39 is 97.5 Å². The van der Waals surface area contributed by atoms with Gasteiger partial charge in [-0.15, -0.1) is 0 Å². The van der Waals surface area contributed by atoms with Gasteiger partial charge in [-0.3, -0.25) is 37.3 Å². The predicted octanol–water partition coefficient (Wildman–Crippen LogP) is 23.3. The highest BCUT2D eigenvalue weighted by molar-refractivity contribution is 7.47. The van der Waals surface area contributed by atoms with E-state index in [9.17, 15) is 43.2 Å². The molecule has 0 aliphatic heterocycles. The molecule has 0 fully saturated rings. The first-order valence-electron chi connectivity index (χ1n) is 40.7. The first-order chi connectivity index (χ1) is 47.1. The first kappa shape index (κ1) is 95.1. The Morgan fingerprint density at radius 3 is 0.732 bits per heavy atom. The Hall–Kier alpha value is -1.94. The molecule has 0 bridgehead atoms. The van der Waals surface area contributed by atoms with Gasteiger partial charge in [-0.1, -0.05) is 362 Å². The van der Waals surface area contributed by atoms with Crippen LogP contribution in [0.4, 0.5) is 0 Å². The third kappa shape index (κ3) is 70.9. The van der Waals surface area contributed by atoms with E-state index in [-0.39, 0.29) is 25.7 Å². The molecule has 17 nitrogen and oxygen atoms in total. The number of carbonyl (C=O) groups is 4. The molecule has 0 rings (SSSR count). The quantitative estimate of drug-likeness (QED) is 0.0222. The number of unbranched alkanes of at least 4 members (excludes halogenated alkanes) is 49. The zero-order chi connectivity index (χ0) is 71.2. The van der Waals surface area contributed by atoms with E-state index in [1.807, 2.05) is 0 Å². The number of aliphatic hydroxyl groups excluding tert-OH is 1. The van der Waals surface area contributed by atoms with Gasteiger partial charge < -0.3 is 33.8 Å². The van der Waals surface area contributed by atoms with Crippen LogP contribution < -0.4 is 0 Å². The average molecular weight is 1420 g/mol. The van der Waals surface area contributed by atoms with Gasteiger partial charge in [0, 0.05) is 25.7 Å². The Bertz CT molecular complexity index is 1860. The van der Waals surface area contributed by atoms with Crippen molar-refractivity contribution in [1.82, 2.24) is 0 Å². The lowest BCUT2D eigenvalue weighted by Gasteiger charge is -2.21. The zero-order valence-electron chi connectivity index (χ0n) is 63.2. The van der Waals surface area contributed by atoms with Crippen LogP contribution in [0.3, 0.4) is 0 Å². The van der Waals surface area contributed by atoms with Crippen molar-refractivity contribution in [2.75, 3.05) is 39.6 Å². The van der Waals surface area contributed by atoms with Crippen molar-refractivity contribution in [3.63, 3.8) is 0 Å². The summed E-state index contributed by atoms with van der Waals surface area (Å²) < 4.78 is 68.5. The summed E-state index contributed by atoms with van der Waals surface area (Å²) in [4.78, 5) is 72.8. The van der Waals surface area contributed by atoms with Crippen molar-refractivity contribution in [3.05, 3.63) is 0 Å². The molecule has 0 aromatic carbocycles. The molecule has 0 heterocycles. The van der Waals surface area contributed by atoms with Crippen LogP contribution in [0.15, 0.2) is 0 Å². The first-order valence-corrected chi connectivity index (χ1v) is 43.7. The Balaban J connectivity index is 5.19. The number of aliphatic hydroxyl groups is 1. The summed E-state index contributed by atoms with van der Waals surface area (Å²) in [6.07, 6.45) is 61.2. The molecule has 0 aromatic heterocycles. The van der Waals surface area contributed by atoms with Gasteiger partial charge in [-0.05, 0) is 31.6 Å². The molecule has 97 heavy (non-hydrogen) atoms. The molecule has 0 amide bonds. The lowest BCUT2D eigenvalue weighted by Crippen LogP contribution is -2.30.